The fraction of sp³-hybridized carbons (Fsp3) is 0.200. The monoisotopic (exact) mass is 496 g/mol. The Morgan fingerprint density at radius 2 is 2.06 bits per heavy atom. The van der Waals surface area contributed by atoms with Crippen molar-refractivity contribution in [2.24, 2.45) is 14.1 Å². The first-order valence-electron chi connectivity index (χ1n) is 9.32. The number of aryl methyl sites for hydroxylation is 1. The zero-order chi connectivity index (χ0) is 23.9. The number of nitrogens with one attached hydrogen (secondary N) is 1. The zero-order valence-corrected chi connectivity index (χ0v) is 18.7. The molecule has 1 amide bonds. The number of amides is 1. The van der Waals surface area contributed by atoms with Gasteiger partial charge in [0.25, 0.3) is 5.56 Å². The number of hydrogen-bond donors (Lipinski definition) is 1. The highest BCUT2D eigenvalue weighted by Crippen LogP contribution is 2.32. The van der Waals surface area contributed by atoms with E-state index in [4.69, 9.17) is 16.0 Å². The van der Waals surface area contributed by atoms with Gasteiger partial charge in [-0.05, 0) is 18.2 Å². The molecule has 0 aliphatic carbocycles. The van der Waals surface area contributed by atoms with Crippen molar-refractivity contribution in [3.05, 3.63) is 61.3 Å². The van der Waals surface area contributed by atoms with E-state index in [-0.39, 0.29) is 33.4 Å². The summed E-state index contributed by atoms with van der Waals surface area (Å²) in [6.07, 6.45) is 1.09. The summed E-state index contributed by atoms with van der Waals surface area (Å²) in [7, 11) is 2.81. The normalized spacial score (nSPS) is 11.3. The van der Waals surface area contributed by atoms with E-state index in [1.807, 2.05) is 0 Å². The molecule has 0 aliphatic rings. The molecule has 4 aromatic rings. The van der Waals surface area contributed by atoms with Gasteiger partial charge in [-0.25, -0.2) is 9.78 Å². The second kappa shape index (κ2) is 8.79. The van der Waals surface area contributed by atoms with Gasteiger partial charge in [0.1, 0.15) is 11.1 Å². The summed E-state index contributed by atoms with van der Waals surface area (Å²) in [4.78, 5) is 41.3. The predicted octanol–water partition coefficient (Wildman–Crippen LogP) is 3.39. The molecule has 9 nitrogen and oxygen atoms in total. The van der Waals surface area contributed by atoms with Crippen molar-refractivity contribution in [2.75, 3.05) is 5.32 Å². The second-order valence-corrected chi connectivity index (χ2v) is 8.20. The van der Waals surface area contributed by atoms with E-state index in [2.05, 4.69) is 15.0 Å². The average Bonchev–Trinajstić information content (AvgIpc) is 3.39. The summed E-state index contributed by atoms with van der Waals surface area (Å²) >= 11 is 7.12. The van der Waals surface area contributed by atoms with Crippen LogP contribution in [0, 0.1) is 0 Å². The number of rotatable bonds is 6. The van der Waals surface area contributed by atoms with Gasteiger partial charge in [-0.2, -0.15) is 8.78 Å². The molecule has 0 saturated heterocycles. The van der Waals surface area contributed by atoms with Crippen molar-refractivity contribution in [1.29, 1.82) is 0 Å². The van der Waals surface area contributed by atoms with E-state index in [9.17, 15) is 23.2 Å². The lowest BCUT2D eigenvalue weighted by atomic mass is 10.1. The average molecular weight is 497 g/mol. The Labute approximate surface area is 192 Å². The predicted molar refractivity (Wildman–Crippen MR) is 118 cm³/mol. The molecule has 3 heterocycles. The lowest BCUT2D eigenvalue weighted by Crippen LogP contribution is -2.36. The number of anilines is 1. The third-order valence-corrected chi connectivity index (χ3v) is 5.84. The Kier molecular flexibility index (Phi) is 6.04. The molecule has 172 valence electrons. The first-order valence-corrected chi connectivity index (χ1v) is 10.6. The van der Waals surface area contributed by atoms with Gasteiger partial charge in [-0.1, -0.05) is 11.6 Å². The maximum absolute atomic E-state index is 12.5. The highest BCUT2D eigenvalue weighted by Gasteiger charge is 2.19. The van der Waals surface area contributed by atoms with Crippen molar-refractivity contribution in [3.63, 3.8) is 0 Å². The van der Waals surface area contributed by atoms with Gasteiger partial charge in [-0.15, -0.1) is 11.3 Å². The van der Waals surface area contributed by atoms with Crippen LogP contribution in [0.25, 0.3) is 22.4 Å². The lowest BCUT2D eigenvalue weighted by Gasteiger charge is -2.07. The number of thiazole rings is 1. The van der Waals surface area contributed by atoms with Crippen LogP contribution < -0.4 is 21.3 Å². The molecule has 3 aromatic heterocycles. The third kappa shape index (κ3) is 4.39. The van der Waals surface area contributed by atoms with Gasteiger partial charge in [0.15, 0.2) is 5.13 Å². The fourth-order valence-electron chi connectivity index (χ4n) is 3.21. The largest absolute Gasteiger partial charge is 0.447 e. The minimum atomic E-state index is -2.99. The summed E-state index contributed by atoms with van der Waals surface area (Å²) in [5.41, 5.74) is 0.330. The molecule has 0 unspecified atom stereocenters. The van der Waals surface area contributed by atoms with E-state index < -0.39 is 23.8 Å². The van der Waals surface area contributed by atoms with Crippen LogP contribution in [0.3, 0.4) is 0 Å². The lowest BCUT2D eigenvalue weighted by molar-refractivity contribution is -0.115. The Balaban J connectivity index is 1.52. The number of carbonyl (C=O) groups is 1. The smallest absolute Gasteiger partial charge is 0.387 e. The van der Waals surface area contributed by atoms with E-state index in [1.165, 1.54) is 43.1 Å². The molecule has 4 rings (SSSR count). The summed E-state index contributed by atoms with van der Waals surface area (Å²) < 4.78 is 36.5. The standard InChI is InChI=1S/C20H15ClF2N4O5S/c1-26-16(29)15-10(7-31-17(15)27(2)20(26)30)6-14(28)25-19-24-12(8-33-19)9-3-4-13(11(21)5-9)32-18(22)23/h3-5,7-8,18H,6H2,1-2H3,(H,24,25,28). The third-order valence-electron chi connectivity index (χ3n) is 4.79. The highest BCUT2D eigenvalue weighted by molar-refractivity contribution is 7.14. The van der Waals surface area contributed by atoms with Crippen LogP contribution in [0.5, 0.6) is 5.75 Å². The Morgan fingerprint density at radius 3 is 2.76 bits per heavy atom. The van der Waals surface area contributed by atoms with Crippen LogP contribution in [-0.4, -0.2) is 26.6 Å². The number of nitrogens with zero attached hydrogens (tertiary/aromatic N) is 3. The Hall–Kier alpha value is -3.51. The molecule has 0 radical (unpaired) electrons. The van der Waals surface area contributed by atoms with Crippen LogP contribution in [0.4, 0.5) is 13.9 Å². The maximum atomic E-state index is 12.5. The van der Waals surface area contributed by atoms with Crippen molar-refractivity contribution >= 4 is 45.1 Å². The van der Waals surface area contributed by atoms with Crippen LogP contribution in [0.15, 0.2) is 43.8 Å². The fourth-order valence-corrected chi connectivity index (χ4v) is 4.17. The minimum absolute atomic E-state index is 0.00537. The molecule has 0 bridgehead atoms. The molecule has 0 saturated carbocycles. The van der Waals surface area contributed by atoms with E-state index >= 15 is 0 Å². The number of hydrogen-bond acceptors (Lipinski definition) is 7. The van der Waals surface area contributed by atoms with Crippen molar-refractivity contribution in [3.8, 4) is 17.0 Å². The summed E-state index contributed by atoms with van der Waals surface area (Å²) in [6.45, 7) is -2.99. The highest BCUT2D eigenvalue weighted by atomic mass is 35.5. The first-order chi connectivity index (χ1) is 15.7. The first kappa shape index (κ1) is 22.7. The van der Waals surface area contributed by atoms with E-state index in [0.717, 1.165) is 15.9 Å². The van der Waals surface area contributed by atoms with E-state index in [1.54, 1.807) is 5.38 Å². The number of furan rings is 1. The van der Waals surface area contributed by atoms with Gasteiger partial charge < -0.3 is 14.5 Å². The van der Waals surface area contributed by atoms with Gasteiger partial charge >= 0.3 is 12.3 Å². The molecule has 1 aromatic carbocycles. The minimum Gasteiger partial charge on any atom is -0.447 e. The number of fused-ring (bicyclic) bond motifs is 1. The zero-order valence-electron chi connectivity index (χ0n) is 17.1. The van der Waals surface area contributed by atoms with Crippen molar-refractivity contribution < 1.29 is 22.7 Å². The summed E-state index contributed by atoms with van der Waals surface area (Å²) in [5.74, 6) is -0.608. The van der Waals surface area contributed by atoms with Crippen molar-refractivity contribution in [1.82, 2.24) is 14.1 Å². The summed E-state index contributed by atoms with van der Waals surface area (Å²) in [5, 5.41) is 4.73. The van der Waals surface area contributed by atoms with Gasteiger partial charge in [0.2, 0.25) is 11.6 Å². The SMILES string of the molecule is Cn1c(=O)c2c(CC(=O)Nc3nc(-c4ccc(OC(F)F)c(Cl)c4)cs3)coc2n(C)c1=O. The van der Waals surface area contributed by atoms with Crippen LogP contribution in [0.2, 0.25) is 5.02 Å². The molecule has 1 N–H and O–H groups in total. The number of ether oxygens (including phenoxy) is 1. The maximum Gasteiger partial charge on any atom is 0.387 e. The van der Waals surface area contributed by atoms with Crippen LogP contribution in [0.1, 0.15) is 5.56 Å². The molecule has 0 fully saturated rings. The van der Waals surface area contributed by atoms with Crippen molar-refractivity contribution in [2.45, 2.75) is 13.0 Å². The molecule has 0 aliphatic heterocycles. The quantitative estimate of drug-likeness (QED) is 0.438. The molecule has 0 spiro atoms. The Bertz CT molecular complexity index is 1490. The van der Waals surface area contributed by atoms with Crippen LogP contribution >= 0.6 is 22.9 Å². The number of carbonyl (C=O) groups excluding carboxylic acids is 1. The molecular formula is C20H15ClF2N4O5S. The Morgan fingerprint density at radius 1 is 1.30 bits per heavy atom. The van der Waals surface area contributed by atoms with Gasteiger partial charge in [-0.3, -0.25) is 18.7 Å². The molecule has 13 heteroatoms. The summed E-state index contributed by atoms with van der Waals surface area (Å²) in [6, 6.07) is 4.25. The number of halogens is 3. The molecule has 33 heavy (non-hydrogen) atoms. The van der Waals surface area contributed by atoms with E-state index in [0.29, 0.717) is 16.8 Å². The number of benzene rings is 1. The second-order valence-electron chi connectivity index (χ2n) is 6.93. The van der Waals surface area contributed by atoms with Gasteiger partial charge in [0, 0.05) is 30.6 Å². The topological polar surface area (TPSA) is 108 Å². The number of aromatic nitrogens is 3. The van der Waals surface area contributed by atoms with Crippen LogP contribution in [-0.2, 0) is 25.3 Å². The number of alkyl halides is 2. The molecule has 0 atom stereocenters. The van der Waals surface area contributed by atoms with Gasteiger partial charge in [0.05, 0.1) is 23.4 Å². The molecular weight excluding hydrogens is 482 g/mol.